The van der Waals surface area contributed by atoms with Crippen molar-refractivity contribution >= 4 is 36.4 Å². The van der Waals surface area contributed by atoms with E-state index in [4.69, 9.17) is 5.73 Å². The van der Waals surface area contributed by atoms with Gasteiger partial charge in [-0.25, -0.2) is 4.39 Å². The number of nitrogen functional groups attached to an aromatic ring is 1. The number of rotatable bonds is 2. The van der Waals surface area contributed by atoms with Crippen LogP contribution >= 0.6 is 24.8 Å². The first-order valence-electron chi connectivity index (χ1n) is 6.94. The molecule has 0 bridgehead atoms. The van der Waals surface area contributed by atoms with Gasteiger partial charge in [0, 0.05) is 11.9 Å². The molecule has 1 atom stereocenters. The van der Waals surface area contributed by atoms with Crippen LogP contribution in [-0.4, -0.2) is 10.9 Å². The summed E-state index contributed by atoms with van der Waals surface area (Å²) in [4.78, 5) is 15.9. The second-order valence-corrected chi connectivity index (χ2v) is 5.23. The van der Waals surface area contributed by atoms with E-state index < -0.39 is 11.7 Å². The molecule has 3 N–H and O–H groups in total. The van der Waals surface area contributed by atoms with Gasteiger partial charge in [-0.2, -0.15) is 0 Å². The van der Waals surface area contributed by atoms with Crippen molar-refractivity contribution in [3.05, 3.63) is 59.2 Å². The SMILES string of the molecule is Cl.Cl.Nc1ccc2c(c1)CCCC2NC(=O)c1ccncc1F. The highest BCUT2D eigenvalue weighted by Crippen LogP contribution is 2.31. The Morgan fingerprint density at radius 1 is 1.30 bits per heavy atom. The molecule has 1 amide bonds. The van der Waals surface area contributed by atoms with Crippen LogP contribution in [0.4, 0.5) is 10.1 Å². The van der Waals surface area contributed by atoms with Crippen molar-refractivity contribution in [2.45, 2.75) is 25.3 Å². The molecule has 1 unspecified atom stereocenters. The minimum absolute atomic E-state index is 0. The maximum absolute atomic E-state index is 13.6. The molecule has 4 nitrogen and oxygen atoms in total. The molecule has 1 aliphatic rings. The van der Waals surface area contributed by atoms with Gasteiger partial charge in [0.2, 0.25) is 0 Å². The van der Waals surface area contributed by atoms with Crippen LogP contribution in [0, 0.1) is 5.82 Å². The predicted molar refractivity (Wildman–Crippen MR) is 92.7 cm³/mol. The highest BCUT2D eigenvalue weighted by atomic mass is 35.5. The number of nitrogens with one attached hydrogen (secondary N) is 1. The quantitative estimate of drug-likeness (QED) is 0.808. The van der Waals surface area contributed by atoms with Crippen molar-refractivity contribution in [3.8, 4) is 0 Å². The molecule has 0 spiro atoms. The van der Waals surface area contributed by atoms with Crippen LogP contribution in [0.3, 0.4) is 0 Å². The van der Waals surface area contributed by atoms with Crippen LogP contribution in [-0.2, 0) is 6.42 Å². The molecule has 1 aromatic carbocycles. The normalized spacial score (nSPS) is 15.6. The molecule has 23 heavy (non-hydrogen) atoms. The molecule has 0 radical (unpaired) electrons. The molecule has 1 aromatic heterocycles. The topological polar surface area (TPSA) is 68.0 Å². The molecule has 3 rings (SSSR count). The van der Waals surface area contributed by atoms with Gasteiger partial charge in [-0.1, -0.05) is 6.07 Å². The summed E-state index contributed by atoms with van der Waals surface area (Å²) in [7, 11) is 0. The summed E-state index contributed by atoms with van der Waals surface area (Å²) in [6.45, 7) is 0. The minimum atomic E-state index is -0.608. The number of carbonyl (C=O) groups excluding carboxylic acids is 1. The summed E-state index contributed by atoms with van der Waals surface area (Å²) in [5, 5.41) is 2.90. The Hall–Kier alpha value is -1.85. The molecule has 7 heteroatoms. The largest absolute Gasteiger partial charge is 0.399 e. The number of halogens is 3. The van der Waals surface area contributed by atoms with Crippen LogP contribution in [0.2, 0.25) is 0 Å². The fourth-order valence-corrected chi connectivity index (χ4v) is 2.78. The first-order chi connectivity index (χ1) is 10.1. The maximum atomic E-state index is 13.6. The fraction of sp³-hybridized carbons (Fsp3) is 0.250. The molecule has 124 valence electrons. The van der Waals surface area contributed by atoms with E-state index in [0.29, 0.717) is 0 Å². The molecule has 0 aliphatic heterocycles. The number of amides is 1. The number of aromatic nitrogens is 1. The van der Waals surface area contributed by atoms with Gasteiger partial charge in [0.15, 0.2) is 5.82 Å². The van der Waals surface area contributed by atoms with Crippen molar-refractivity contribution < 1.29 is 9.18 Å². The number of hydrogen-bond acceptors (Lipinski definition) is 3. The Balaban J connectivity index is 0.00000132. The molecule has 0 fully saturated rings. The van der Waals surface area contributed by atoms with E-state index in [1.54, 1.807) is 0 Å². The number of pyridine rings is 1. The second-order valence-electron chi connectivity index (χ2n) is 5.23. The third kappa shape index (κ3) is 4.12. The minimum Gasteiger partial charge on any atom is -0.399 e. The highest BCUT2D eigenvalue weighted by molar-refractivity contribution is 5.94. The maximum Gasteiger partial charge on any atom is 0.254 e. The van der Waals surface area contributed by atoms with Gasteiger partial charge in [-0.05, 0) is 48.6 Å². The fourth-order valence-electron chi connectivity index (χ4n) is 2.78. The lowest BCUT2D eigenvalue weighted by Crippen LogP contribution is -2.31. The number of carbonyl (C=O) groups is 1. The third-order valence-corrected chi connectivity index (χ3v) is 3.80. The van der Waals surface area contributed by atoms with E-state index in [1.807, 2.05) is 18.2 Å². The Labute approximate surface area is 146 Å². The van der Waals surface area contributed by atoms with E-state index in [1.165, 1.54) is 12.3 Å². The summed E-state index contributed by atoms with van der Waals surface area (Å²) < 4.78 is 13.6. The molecular weight excluding hydrogens is 340 g/mol. The van der Waals surface area contributed by atoms with E-state index in [9.17, 15) is 9.18 Å². The summed E-state index contributed by atoms with van der Waals surface area (Å²) in [6, 6.07) is 7.00. The highest BCUT2D eigenvalue weighted by Gasteiger charge is 2.23. The van der Waals surface area contributed by atoms with Crippen LogP contribution in [0.15, 0.2) is 36.7 Å². The van der Waals surface area contributed by atoms with Gasteiger partial charge in [0.1, 0.15) is 0 Å². The van der Waals surface area contributed by atoms with Gasteiger partial charge in [0.25, 0.3) is 5.91 Å². The first kappa shape index (κ1) is 19.2. The van der Waals surface area contributed by atoms with Gasteiger partial charge in [-0.3, -0.25) is 9.78 Å². The number of hydrogen-bond donors (Lipinski definition) is 2. The number of nitrogens with zero attached hydrogens (tertiary/aromatic N) is 1. The van der Waals surface area contributed by atoms with Crippen LogP contribution in [0.1, 0.15) is 40.4 Å². The molecular formula is C16H18Cl2FN3O. The Morgan fingerprint density at radius 2 is 2.09 bits per heavy atom. The smallest absolute Gasteiger partial charge is 0.254 e. The lowest BCUT2D eigenvalue weighted by molar-refractivity contribution is 0.0928. The number of benzene rings is 1. The Kier molecular flexibility index (Phi) is 6.79. The first-order valence-corrected chi connectivity index (χ1v) is 6.94. The number of nitrogens with two attached hydrogens (primary N) is 1. The summed E-state index contributed by atoms with van der Waals surface area (Å²) in [6.07, 6.45) is 5.23. The standard InChI is InChI=1S/C16H16FN3O.2ClH/c17-14-9-19-7-6-13(14)16(21)20-15-3-1-2-10-8-11(18)4-5-12(10)15;;/h4-9,15H,1-3,18H2,(H,20,21);2*1H. The zero-order chi connectivity index (χ0) is 14.8. The molecule has 1 aliphatic carbocycles. The van der Waals surface area contributed by atoms with E-state index >= 15 is 0 Å². The summed E-state index contributed by atoms with van der Waals surface area (Å²) >= 11 is 0. The number of anilines is 1. The van der Waals surface area contributed by atoms with Crippen LogP contribution in [0.25, 0.3) is 0 Å². The van der Waals surface area contributed by atoms with Crippen molar-refractivity contribution in [2.75, 3.05) is 5.73 Å². The number of aryl methyl sites for hydroxylation is 1. The van der Waals surface area contributed by atoms with Gasteiger partial charge in [-0.15, -0.1) is 24.8 Å². The summed E-state index contributed by atoms with van der Waals surface area (Å²) in [5.74, 6) is -1.02. The van der Waals surface area contributed by atoms with Gasteiger partial charge < -0.3 is 11.1 Å². The van der Waals surface area contributed by atoms with E-state index in [-0.39, 0.29) is 36.4 Å². The van der Waals surface area contributed by atoms with Crippen LogP contribution in [0.5, 0.6) is 0 Å². The molecule has 2 aromatic rings. The third-order valence-electron chi connectivity index (χ3n) is 3.80. The zero-order valence-electron chi connectivity index (χ0n) is 12.3. The average molecular weight is 358 g/mol. The van der Waals surface area contributed by atoms with Crippen molar-refractivity contribution in [1.29, 1.82) is 0 Å². The molecule has 0 saturated heterocycles. The zero-order valence-corrected chi connectivity index (χ0v) is 13.9. The van der Waals surface area contributed by atoms with E-state index in [2.05, 4.69) is 10.3 Å². The monoisotopic (exact) mass is 357 g/mol. The molecule has 0 saturated carbocycles. The summed E-state index contributed by atoms with van der Waals surface area (Å²) in [5.41, 5.74) is 8.76. The lowest BCUT2D eigenvalue weighted by atomic mass is 9.87. The van der Waals surface area contributed by atoms with Crippen molar-refractivity contribution in [1.82, 2.24) is 10.3 Å². The van der Waals surface area contributed by atoms with E-state index in [0.717, 1.165) is 42.3 Å². The number of fused-ring (bicyclic) bond motifs is 1. The second kappa shape index (κ2) is 8.13. The Morgan fingerprint density at radius 3 is 2.83 bits per heavy atom. The van der Waals surface area contributed by atoms with Gasteiger partial charge >= 0.3 is 0 Å². The average Bonchev–Trinajstić information content (AvgIpc) is 2.47. The van der Waals surface area contributed by atoms with Gasteiger partial charge in [0.05, 0.1) is 17.8 Å². The predicted octanol–water partition coefficient (Wildman–Crippen LogP) is 3.45. The Bertz CT molecular complexity index is 697. The molecule has 1 heterocycles. The van der Waals surface area contributed by atoms with Crippen molar-refractivity contribution in [2.24, 2.45) is 0 Å². The lowest BCUT2D eigenvalue weighted by Gasteiger charge is -2.26. The van der Waals surface area contributed by atoms with Crippen LogP contribution < -0.4 is 11.1 Å². The van der Waals surface area contributed by atoms with Crippen molar-refractivity contribution in [3.63, 3.8) is 0 Å².